The predicted octanol–water partition coefficient (Wildman–Crippen LogP) is 3.26. The minimum atomic E-state index is -3.91. The summed E-state index contributed by atoms with van der Waals surface area (Å²) in [6.07, 6.45) is 2.33. The number of sulfonamides is 1. The first-order valence-corrected chi connectivity index (χ1v) is 12.0. The quantitative estimate of drug-likeness (QED) is 0.453. The highest BCUT2D eigenvalue weighted by Crippen LogP contribution is 2.36. The van der Waals surface area contributed by atoms with E-state index >= 15 is 0 Å². The Bertz CT molecular complexity index is 1610. The van der Waals surface area contributed by atoms with Gasteiger partial charge in [-0.05, 0) is 42.0 Å². The minimum absolute atomic E-state index is 0.0397. The molecule has 0 saturated heterocycles. The number of amides is 1. The van der Waals surface area contributed by atoms with E-state index in [0.29, 0.717) is 27.1 Å². The second-order valence-corrected chi connectivity index (χ2v) is 9.54. The zero-order valence-corrected chi connectivity index (χ0v) is 18.9. The molecule has 0 spiro atoms. The first-order valence-electron chi connectivity index (χ1n) is 9.69. The molecular formula is C23H17ClN4O4S. The van der Waals surface area contributed by atoms with E-state index in [1.165, 1.54) is 6.20 Å². The van der Waals surface area contributed by atoms with Gasteiger partial charge in [0.25, 0.3) is 11.5 Å². The highest BCUT2D eigenvalue weighted by molar-refractivity contribution is 7.89. The third kappa shape index (κ3) is 4.39. The number of H-pyrrole nitrogens is 1. The van der Waals surface area contributed by atoms with Crippen molar-refractivity contribution in [2.24, 2.45) is 0 Å². The first-order chi connectivity index (χ1) is 15.7. The number of benzene rings is 2. The number of carbonyl (C=O) groups is 1. The largest absolute Gasteiger partial charge is 0.331 e. The molecular weight excluding hydrogens is 464 g/mol. The summed E-state index contributed by atoms with van der Waals surface area (Å²) in [5, 5.41) is 10.4. The molecule has 0 bridgehead atoms. The average molecular weight is 481 g/mol. The van der Waals surface area contributed by atoms with Crippen LogP contribution in [0.2, 0.25) is 5.02 Å². The standard InChI is InChI=1S/C23H17ClN4O4S/c1-33(31,32)27-23(30)21-20(17-7-4-10-26-22(17)29)18-11-16(24)8-9-19(18)28(21)13-15-6-3-2-5-14(15)12-25/h2-11H,13H2,1H3,(H,26,29)(H,27,30). The number of nitriles is 1. The van der Waals surface area contributed by atoms with Crippen molar-refractivity contribution in [3.8, 4) is 17.2 Å². The van der Waals surface area contributed by atoms with Gasteiger partial charge in [-0.25, -0.2) is 13.1 Å². The summed E-state index contributed by atoms with van der Waals surface area (Å²) in [4.78, 5) is 28.5. The molecule has 8 nitrogen and oxygen atoms in total. The van der Waals surface area contributed by atoms with E-state index in [9.17, 15) is 23.3 Å². The Morgan fingerprint density at radius 3 is 2.64 bits per heavy atom. The van der Waals surface area contributed by atoms with E-state index in [1.807, 2.05) is 4.72 Å². The van der Waals surface area contributed by atoms with Crippen LogP contribution < -0.4 is 10.3 Å². The van der Waals surface area contributed by atoms with Crippen LogP contribution in [0.25, 0.3) is 22.0 Å². The van der Waals surface area contributed by atoms with Crippen LogP contribution in [0.3, 0.4) is 0 Å². The Kier molecular flexibility index (Phi) is 5.80. The number of hydrogen-bond donors (Lipinski definition) is 2. The topological polar surface area (TPSA) is 125 Å². The summed E-state index contributed by atoms with van der Waals surface area (Å²) in [6, 6.07) is 17.1. The predicted molar refractivity (Wildman–Crippen MR) is 126 cm³/mol. The molecule has 0 aliphatic heterocycles. The van der Waals surface area contributed by atoms with Crippen molar-refractivity contribution in [3.63, 3.8) is 0 Å². The van der Waals surface area contributed by atoms with Crippen LogP contribution in [0.4, 0.5) is 0 Å². The van der Waals surface area contributed by atoms with Gasteiger partial charge in [0.05, 0.1) is 17.9 Å². The second kappa shape index (κ2) is 8.58. The molecule has 1 amide bonds. The zero-order valence-electron chi connectivity index (χ0n) is 17.3. The van der Waals surface area contributed by atoms with Gasteiger partial charge >= 0.3 is 0 Å². The highest BCUT2D eigenvalue weighted by atomic mass is 35.5. The van der Waals surface area contributed by atoms with E-state index in [-0.39, 0.29) is 23.4 Å². The summed E-state index contributed by atoms with van der Waals surface area (Å²) in [7, 11) is -3.91. The van der Waals surface area contributed by atoms with Crippen molar-refractivity contribution in [2.75, 3.05) is 6.26 Å². The molecule has 0 fully saturated rings. The lowest BCUT2D eigenvalue weighted by molar-refractivity contribution is 0.0974. The molecule has 2 aromatic carbocycles. The zero-order chi connectivity index (χ0) is 23.8. The van der Waals surface area contributed by atoms with Crippen molar-refractivity contribution < 1.29 is 13.2 Å². The number of pyridine rings is 1. The van der Waals surface area contributed by atoms with Crippen LogP contribution in [-0.2, 0) is 16.6 Å². The van der Waals surface area contributed by atoms with Gasteiger partial charge in [-0.1, -0.05) is 29.8 Å². The molecule has 0 radical (unpaired) electrons. The van der Waals surface area contributed by atoms with Crippen LogP contribution in [0.5, 0.6) is 0 Å². The molecule has 0 saturated carbocycles. The fraction of sp³-hybridized carbons (Fsp3) is 0.0870. The van der Waals surface area contributed by atoms with E-state index in [4.69, 9.17) is 11.6 Å². The number of nitrogens with zero attached hydrogens (tertiary/aromatic N) is 2. The minimum Gasteiger partial charge on any atom is -0.331 e. The summed E-state index contributed by atoms with van der Waals surface area (Å²) >= 11 is 6.24. The molecule has 4 rings (SSSR count). The molecule has 2 N–H and O–H groups in total. The fourth-order valence-electron chi connectivity index (χ4n) is 3.77. The average Bonchev–Trinajstić information content (AvgIpc) is 3.06. The first kappa shape index (κ1) is 22.3. The molecule has 0 aliphatic rings. The van der Waals surface area contributed by atoms with E-state index in [0.717, 1.165) is 6.26 Å². The number of fused-ring (bicyclic) bond motifs is 1. The normalized spacial score (nSPS) is 11.3. The summed E-state index contributed by atoms with van der Waals surface area (Å²) in [6.45, 7) is 0.0825. The maximum atomic E-state index is 13.3. The molecule has 10 heteroatoms. The van der Waals surface area contributed by atoms with Crippen LogP contribution in [0.15, 0.2) is 65.6 Å². The van der Waals surface area contributed by atoms with Crippen LogP contribution in [0, 0.1) is 11.3 Å². The lowest BCUT2D eigenvalue weighted by Crippen LogP contribution is -2.32. The van der Waals surface area contributed by atoms with Crippen molar-refractivity contribution in [2.45, 2.75) is 6.54 Å². The summed E-state index contributed by atoms with van der Waals surface area (Å²) < 4.78 is 27.4. The Morgan fingerprint density at radius 1 is 1.18 bits per heavy atom. The lowest BCUT2D eigenvalue weighted by Gasteiger charge is -2.13. The third-order valence-electron chi connectivity index (χ3n) is 5.07. The molecule has 2 aromatic heterocycles. The lowest BCUT2D eigenvalue weighted by atomic mass is 10.0. The number of halogens is 1. The van der Waals surface area contributed by atoms with Crippen molar-refractivity contribution >= 4 is 38.4 Å². The maximum absolute atomic E-state index is 13.3. The SMILES string of the molecule is CS(=O)(=O)NC(=O)c1c(-c2ccc[nH]c2=O)c2cc(Cl)ccc2n1Cc1ccccc1C#N. The van der Waals surface area contributed by atoms with Gasteiger partial charge < -0.3 is 9.55 Å². The third-order valence-corrected chi connectivity index (χ3v) is 5.86. The number of aromatic amines is 1. The van der Waals surface area contributed by atoms with Crippen molar-refractivity contribution in [3.05, 3.63) is 93.0 Å². The molecule has 0 unspecified atom stereocenters. The van der Waals surface area contributed by atoms with Gasteiger partial charge in [0.1, 0.15) is 5.69 Å². The molecule has 0 atom stereocenters. The summed E-state index contributed by atoms with van der Waals surface area (Å²) in [5.41, 5.74) is 1.49. The van der Waals surface area contributed by atoms with Crippen LogP contribution >= 0.6 is 11.6 Å². The van der Waals surface area contributed by atoms with Crippen molar-refractivity contribution in [1.29, 1.82) is 5.26 Å². The van der Waals surface area contributed by atoms with Gasteiger partial charge in [0, 0.05) is 39.8 Å². The highest BCUT2D eigenvalue weighted by Gasteiger charge is 2.27. The van der Waals surface area contributed by atoms with Crippen LogP contribution in [0.1, 0.15) is 21.6 Å². The Labute approximate surface area is 194 Å². The molecule has 2 heterocycles. The number of hydrogen-bond acceptors (Lipinski definition) is 5. The van der Waals surface area contributed by atoms with Crippen molar-refractivity contribution in [1.82, 2.24) is 14.3 Å². The van der Waals surface area contributed by atoms with Gasteiger partial charge in [-0.3, -0.25) is 9.59 Å². The Balaban J connectivity index is 2.11. The van der Waals surface area contributed by atoms with Gasteiger partial charge in [-0.2, -0.15) is 5.26 Å². The molecule has 33 heavy (non-hydrogen) atoms. The van der Waals surface area contributed by atoms with Gasteiger partial charge in [0.15, 0.2) is 0 Å². The van der Waals surface area contributed by atoms with Gasteiger partial charge in [-0.15, -0.1) is 0 Å². The molecule has 4 aromatic rings. The maximum Gasteiger partial charge on any atom is 0.282 e. The van der Waals surface area contributed by atoms with Gasteiger partial charge in [0.2, 0.25) is 10.0 Å². The van der Waals surface area contributed by atoms with E-state index < -0.39 is 21.5 Å². The van der Waals surface area contributed by atoms with E-state index in [2.05, 4.69) is 11.1 Å². The molecule has 166 valence electrons. The Morgan fingerprint density at radius 2 is 1.94 bits per heavy atom. The van der Waals surface area contributed by atoms with E-state index in [1.54, 1.807) is 59.2 Å². The van der Waals surface area contributed by atoms with Crippen LogP contribution in [-0.4, -0.2) is 30.1 Å². The molecule has 0 aliphatic carbocycles. The number of rotatable bonds is 5. The Hall–Kier alpha value is -3.87. The number of nitrogens with one attached hydrogen (secondary N) is 2. The second-order valence-electron chi connectivity index (χ2n) is 7.36. The monoisotopic (exact) mass is 480 g/mol. The number of aromatic nitrogens is 2. The number of carbonyl (C=O) groups excluding carboxylic acids is 1. The smallest absolute Gasteiger partial charge is 0.282 e. The fourth-order valence-corrected chi connectivity index (χ4v) is 4.38. The summed E-state index contributed by atoms with van der Waals surface area (Å²) in [5.74, 6) is -0.905.